The summed E-state index contributed by atoms with van der Waals surface area (Å²) in [4.78, 5) is 33.7. The van der Waals surface area contributed by atoms with Crippen molar-refractivity contribution in [1.29, 1.82) is 0 Å². The van der Waals surface area contributed by atoms with Gasteiger partial charge in [-0.25, -0.2) is 0 Å². The van der Waals surface area contributed by atoms with E-state index in [9.17, 15) is 9.59 Å². The second kappa shape index (κ2) is 10.8. The van der Waals surface area contributed by atoms with Crippen molar-refractivity contribution in [2.75, 3.05) is 17.2 Å². The van der Waals surface area contributed by atoms with Crippen LogP contribution in [0.3, 0.4) is 0 Å². The molecule has 4 rings (SSSR count). The first-order valence-corrected chi connectivity index (χ1v) is 13.8. The summed E-state index contributed by atoms with van der Waals surface area (Å²) >= 11 is 5.82. The molecule has 3 N–H and O–H groups in total. The van der Waals surface area contributed by atoms with Gasteiger partial charge in [0.2, 0.25) is 0 Å². The summed E-state index contributed by atoms with van der Waals surface area (Å²) in [5.41, 5.74) is 3.24. The van der Waals surface area contributed by atoms with Gasteiger partial charge in [-0.05, 0) is 0 Å². The summed E-state index contributed by atoms with van der Waals surface area (Å²) in [5, 5.41) is 9.70. The standard InChI is InChI=1S/C26H28AsClN5O2/c1-4-13-29-24(35)17-7-5-6-8-19(17)27-23-20(28)15-30-25(33-23)31-16-9-10-21-18(14-16)26(2,3)12-11-22(34)32-21/h5-10,14-15H,4,11-13H2,1-3H3,(H,29,35)(H,32,34)(H,30,31,33). The molecule has 1 aliphatic rings. The van der Waals surface area contributed by atoms with Gasteiger partial charge in [0.05, 0.1) is 0 Å². The molecule has 3 aromatic rings. The Morgan fingerprint density at radius 3 is 2.83 bits per heavy atom. The predicted octanol–water partition coefficient (Wildman–Crippen LogP) is 3.68. The van der Waals surface area contributed by atoms with Crippen molar-refractivity contribution in [1.82, 2.24) is 15.3 Å². The Bertz CT molecular complexity index is 1260. The molecule has 0 unspecified atom stereocenters. The molecule has 9 heteroatoms. The number of fused-ring (bicyclic) bond motifs is 1. The van der Waals surface area contributed by atoms with Gasteiger partial charge < -0.3 is 0 Å². The van der Waals surface area contributed by atoms with Crippen LogP contribution in [0.15, 0.2) is 48.7 Å². The molecule has 0 fully saturated rings. The number of nitrogens with zero attached hydrogens (tertiary/aromatic N) is 2. The van der Waals surface area contributed by atoms with E-state index >= 15 is 0 Å². The number of carbonyl (C=O) groups excluding carboxylic acids is 2. The molecule has 0 saturated heterocycles. The number of benzene rings is 2. The second-order valence-electron chi connectivity index (χ2n) is 9.07. The van der Waals surface area contributed by atoms with E-state index in [1.165, 1.54) is 0 Å². The number of aromatic nitrogens is 2. The van der Waals surface area contributed by atoms with Gasteiger partial charge in [0.1, 0.15) is 0 Å². The fraction of sp³-hybridized carbons (Fsp3) is 0.308. The van der Waals surface area contributed by atoms with Crippen molar-refractivity contribution in [2.45, 2.75) is 45.4 Å². The van der Waals surface area contributed by atoms with Crippen LogP contribution in [0.5, 0.6) is 0 Å². The van der Waals surface area contributed by atoms with Crippen LogP contribution in [0.4, 0.5) is 17.3 Å². The number of halogens is 1. The second-order valence-corrected chi connectivity index (χ2v) is 11.8. The van der Waals surface area contributed by atoms with E-state index in [1.807, 2.05) is 49.4 Å². The molecule has 181 valence electrons. The van der Waals surface area contributed by atoms with Gasteiger partial charge in [0.15, 0.2) is 0 Å². The van der Waals surface area contributed by atoms with Crippen LogP contribution < -0.4 is 24.8 Å². The Morgan fingerprint density at radius 1 is 1.23 bits per heavy atom. The number of rotatable bonds is 7. The molecule has 0 atom stereocenters. The van der Waals surface area contributed by atoms with Crippen molar-refractivity contribution in [2.24, 2.45) is 0 Å². The van der Waals surface area contributed by atoms with Gasteiger partial charge in [0.25, 0.3) is 0 Å². The number of carbonyl (C=O) groups is 2. The van der Waals surface area contributed by atoms with E-state index in [0.29, 0.717) is 29.5 Å². The number of anilines is 3. The molecule has 1 aromatic heterocycles. The van der Waals surface area contributed by atoms with Gasteiger partial charge in [-0.1, -0.05) is 0 Å². The number of hydrogen-bond acceptors (Lipinski definition) is 5. The maximum absolute atomic E-state index is 12.6. The molecule has 0 bridgehead atoms. The monoisotopic (exact) mass is 552 g/mol. The van der Waals surface area contributed by atoms with Crippen LogP contribution in [-0.4, -0.2) is 44.1 Å². The molecule has 2 heterocycles. The zero-order valence-electron chi connectivity index (χ0n) is 20.0. The van der Waals surface area contributed by atoms with Crippen LogP contribution >= 0.6 is 11.6 Å². The average Bonchev–Trinajstić information content (AvgIpc) is 2.95. The molecule has 1 aliphatic heterocycles. The average molecular weight is 553 g/mol. The van der Waals surface area contributed by atoms with E-state index in [0.717, 1.165) is 38.6 Å². The third kappa shape index (κ3) is 6.03. The van der Waals surface area contributed by atoms with Gasteiger partial charge in [-0.2, -0.15) is 0 Å². The molecule has 0 aliphatic carbocycles. The van der Waals surface area contributed by atoms with Gasteiger partial charge >= 0.3 is 218 Å². The number of nitrogens with one attached hydrogen (secondary N) is 3. The van der Waals surface area contributed by atoms with Crippen molar-refractivity contribution in [3.63, 3.8) is 0 Å². The Labute approximate surface area is 217 Å². The Balaban J connectivity index is 1.59. The molecule has 0 spiro atoms. The van der Waals surface area contributed by atoms with Gasteiger partial charge in [-0.15, -0.1) is 0 Å². The number of hydrogen-bond donors (Lipinski definition) is 3. The minimum absolute atomic E-state index is 0.0372. The zero-order chi connectivity index (χ0) is 25.0. The summed E-state index contributed by atoms with van der Waals surface area (Å²) in [6.45, 7) is 6.94. The first-order valence-electron chi connectivity index (χ1n) is 11.6. The predicted molar refractivity (Wildman–Crippen MR) is 142 cm³/mol. The Morgan fingerprint density at radius 2 is 2.03 bits per heavy atom. The molecular weight excluding hydrogens is 525 g/mol. The molecule has 0 saturated carbocycles. The Kier molecular flexibility index (Phi) is 7.78. The van der Waals surface area contributed by atoms with Crippen LogP contribution in [0.1, 0.15) is 56.0 Å². The molecule has 35 heavy (non-hydrogen) atoms. The zero-order valence-corrected chi connectivity index (χ0v) is 22.6. The molecule has 7 nitrogen and oxygen atoms in total. The summed E-state index contributed by atoms with van der Waals surface area (Å²) in [5.74, 6) is 0.388. The summed E-state index contributed by atoms with van der Waals surface area (Å²) in [6, 6.07) is 13.4. The first kappa shape index (κ1) is 25.2. The Hall–Kier alpha value is -2.89. The maximum atomic E-state index is 12.6. The van der Waals surface area contributed by atoms with Crippen LogP contribution in [0.2, 0.25) is 5.02 Å². The topological polar surface area (TPSA) is 96.0 Å². The first-order chi connectivity index (χ1) is 16.8. The molecular formula is C26H28AsClN5O2. The van der Waals surface area contributed by atoms with E-state index in [-0.39, 0.29) is 17.2 Å². The van der Waals surface area contributed by atoms with E-state index in [4.69, 9.17) is 16.6 Å². The van der Waals surface area contributed by atoms with Crippen molar-refractivity contribution < 1.29 is 9.59 Å². The van der Waals surface area contributed by atoms with E-state index in [1.54, 1.807) is 6.20 Å². The normalized spacial score (nSPS) is 14.8. The van der Waals surface area contributed by atoms with E-state index < -0.39 is 15.8 Å². The SMILES string of the molecule is CCCNC(=O)c1ccccc1[As]c1nc(Nc2ccc3c(c2)C(C)(C)CCC(=O)N3)ncc1Cl. The van der Waals surface area contributed by atoms with Crippen LogP contribution in [0, 0.1) is 0 Å². The van der Waals surface area contributed by atoms with Crippen molar-refractivity contribution >= 4 is 65.3 Å². The quantitative estimate of drug-likeness (QED) is 0.389. The third-order valence-electron chi connectivity index (χ3n) is 5.89. The summed E-state index contributed by atoms with van der Waals surface area (Å²) < 4.78 is 1.66. The van der Waals surface area contributed by atoms with E-state index in [2.05, 4.69) is 34.8 Å². The van der Waals surface area contributed by atoms with Crippen molar-refractivity contribution in [3.05, 3.63) is 64.8 Å². The third-order valence-corrected chi connectivity index (χ3v) is 8.94. The fourth-order valence-electron chi connectivity index (χ4n) is 3.90. The van der Waals surface area contributed by atoms with Crippen LogP contribution in [0.25, 0.3) is 0 Å². The summed E-state index contributed by atoms with van der Waals surface area (Å²) in [6.07, 6.45) is 3.73. The number of amides is 2. The fourth-order valence-corrected chi connectivity index (χ4v) is 6.30. The molecule has 1 radical (unpaired) electrons. The molecule has 2 aromatic carbocycles. The minimum atomic E-state index is -0.641. The van der Waals surface area contributed by atoms with Crippen LogP contribution in [-0.2, 0) is 10.2 Å². The summed E-state index contributed by atoms with van der Waals surface area (Å²) in [7, 11) is 0. The van der Waals surface area contributed by atoms with Crippen molar-refractivity contribution in [3.8, 4) is 0 Å². The van der Waals surface area contributed by atoms with Gasteiger partial charge in [-0.3, -0.25) is 0 Å². The van der Waals surface area contributed by atoms with Gasteiger partial charge in [0, 0.05) is 0 Å². The molecule has 2 amide bonds.